The van der Waals surface area contributed by atoms with Crippen LogP contribution in [0.2, 0.25) is 5.02 Å². The molecule has 0 saturated heterocycles. The van der Waals surface area contributed by atoms with Gasteiger partial charge in [-0.05, 0) is 42.8 Å². The van der Waals surface area contributed by atoms with Gasteiger partial charge < -0.3 is 10.1 Å². The molecular weight excluding hydrogens is 388 g/mol. The molecule has 0 aromatic heterocycles. The Bertz CT molecular complexity index is 956. The SMILES string of the molecule is CCOc1ccc(NC(=O)/C=C/c2ccccc2Cl)cc1S(=O)(=O)N(C)C. The van der Waals surface area contributed by atoms with Crippen LogP contribution in [-0.2, 0) is 14.8 Å². The minimum atomic E-state index is -3.73. The van der Waals surface area contributed by atoms with E-state index in [-0.39, 0.29) is 10.6 Å². The number of rotatable bonds is 7. The Kier molecular flexibility index (Phi) is 7.01. The summed E-state index contributed by atoms with van der Waals surface area (Å²) in [7, 11) is -0.861. The van der Waals surface area contributed by atoms with Crippen molar-refractivity contribution in [3.8, 4) is 5.75 Å². The maximum Gasteiger partial charge on any atom is 0.248 e. The van der Waals surface area contributed by atoms with E-state index in [0.29, 0.717) is 22.9 Å². The largest absolute Gasteiger partial charge is 0.492 e. The Hall–Kier alpha value is -2.35. The van der Waals surface area contributed by atoms with Crippen molar-refractivity contribution in [1.82, 2.24) is 4.31 Å². The van der Waals surface area contributed by atoms with E-state index in [4.69, 9.17) is 16.3 Å². The van der Waals surface area contributed by atoms with Crippen molar-refractivity contribution in [2.45, 2.75) is 11.8 Å². The van der Waals surface area contributed by atoms with Gasteiger partial charge in [-0.1, -0.05) is 29.8 Å². The Morgan fingerprint density at radius 3 is 2.56 bits per heavy atom. The summed E-state index contributed by atoms with van der Waals surface area (Å²) < 4.78 is 31.5. The molecule has 0 radical (unpaired) electrons. The molecule has 0 bridgehead atoms. The maximum absolute atomic E-state index is 12.5. The van der Waals surface area contributed by atoms with Crippen molar-refractivity contribution < 1.29 is 17.9 Å². The summed E-state index contributed by atoms with van der Waals surface area (Å²) >= 11 is 6.05. The van der Waals surface area contributed by atoms with Crippen LogP contribution < -0.4 is 10.1 Å². The van der Waals surface area contributed by atoms with E-state index in [1.807, 2.05) is 6.07 Å². The van der Waals surface area contributed by atoms with Crippen LogP contribution >= 0.6 is 11.6 Å². The number of hydrogen-bond acceptors (Lipinski definition) is 4. The molecule has 0 heterocycles. The highest BCUT2D eigenvalue weighted by Crippen LogP contribution is 2.29. The number of carbonyl (C=O) groups excluding carboxylic acids is 1. The number of sulfonamides is 1. The molecule has 144 valence electrons. The Labute approximate surface area is 164 Å². The highest BCUT2D eigenvalue weighted by Gasteiger charge is 2.23. The van der Waals surface area contributed by atoms with Crippen LogP contribution in [0, 0.1) is 0 Å². The lowest BCUT2D eigenvalue weighted by Gasteiger charge is -2.16. The monoisotopic (exact) mass is 408 g/mol. The fourth-order valence-corrected chi connectivity index (χ4v) is 3.47. The lowest BCUT2D eigenvalue weighted by Crippen LogP contribution is -2.23. The normalized spacial score (nSPS) is 11.7. The quantitative estimate of drug-likeness (QED) is 0.709. The first-order chi connectivity index (χ1) is 12.8. The smallest absolute Gasteiger partial charge is 0.248 e. The molecule has 0 aliphatic heterocycles. The number of hydrogen-bond donors (Lipinski definition) is 1. The molecule has 27 heavy (non-hydrogen) atoms. The molecule has 2 aromatic carbocycles. The molecule has 0 atom stereocenters. The third kappa shape index (κ3) is 5.32. The Morgan fingerprint density at radius 2 is 1.93 bits per heavy atom. The van der Waals surface area contributed by atoms with Gasteiger partial charge in [-0.2, -0.15) is 0 Å². The number of halogens is 1. The van der Waals surface area contributed by atoms with Gasteiger partial charge in [-0.3, -0.25) is 4.79 Å². The van der Waals surface area contributed by atoms with Crippen LogP contribution in [-0.4, -0.2) is 39.3 Å². The topological polar surface area (TPSA) is 75.7 Å². The van der Waals surface area contributed by atoms with E-state index < -0.39 is 15.9 Å². The van der Waals surface area contributed by atoms with Crippen LogP contribution in [0.3, 0.4) is 0 Å². The highest BCUT2D eigenvalue weighted by molar-refractivity contribution is 7.89. The van der Waals surface area contributed by atoms with Crippen molar-refractivity contribution in [3.63, 3.8) is 0 Å². The van der Waals surface area contributed by atoms with E-state index >= 15 is 0 Å². The molecule has 0 aliphatic rings. The van der Waals surface area contributed by atoms with Crippen molar-refractivity contribution >= 4 is 39.3 Å². The van der Waals surface area contributed by atoms with Crippen LogP contribution in [0.5, 0.6) is 5.75 Å². The molecule has 2 rings (SSSR count). The van der Waals surface area contributed by atoms with Crippen LogP contribution in [0.25, 0.3) is 6.08 Å². The fraction of sp³-hybridized carbons (Fsp3) is 0.211. The number of anilines is 1. The maximum atomic E-state index is 12.5. The van der Waals surface area contributed by atoms with Gasteiger partial charge >= 0.3 is 0 Å². The molecular formula is C19H21ClN2O4S. The van der Waals surface area contributed by atoms with Gasteiger partial charge in [0.15, 0.2) is 0 Å². The van der Waals surface area contributed by atoms with Gasteiger partial charge in [0.05, 0.1) is 6.61 Å². The number of ether oxygens (including phenoxy) is 1. The minimum absolute atomic E-state index is 0.0118. The average Bonchev–Trinajstić information content (AvgIpc) is 2.62. The average molecular weight is 409 g/mol. The molecule has 0 spiro atoms. The van der Waals surface area contributed by atoms with E-state index in [1.54, 1.807) is 37.3 Å². The number of benzene rings is 2. The summed E-state index contributed by atoms with van der Waals surface area (Å²) in [6.07, 6.45) is 2.92. The summed E-state index contributed by atoms with van der Waals surface area (Å²) in [6.45, 7) is 2.09. The number of nitrogens with one attached hydrogen (secondary N) is 1. The summed E-state index contributed by atoms with van der Waals surface area (Å²) in [4.78, 5) is 12.2. The fourth-order valence-electron chi connectivity index (χ4n) is 2.22. The van der Waals surface area contributed by atoms with Crippen molar-refractivity contribution in [1.29, 1.82) is 0 Å². The second-order valence-corrected chi connectivity index (χ2v) is 8.25. The number of nitrogens with zero attached hydrogens (tertiary/aromatic N) is 1. The summed E-state index contributed by atoms with van der Waals surface area (Å²) in [5.74, 6) is -0.178. The van der Waals surface area contributed by atoms with Gasteiger partial charge in [0, 0.05) is 30.9 Å². The van der Waals surface area contributed by atoms with Crippen molar-refractivity contribution in [2.24, 2.45) is 0 Å². The van der Waals surface area contributed by atoms with Crippen LogP contribution in [0.15, 0.2) is 53.4 Å². The third-order valence-electron chi connectivity index (χ3n) is 3.59. The molecule has 6 nitrogen and oxygen atoms in total. The predicted molar refractivity (Wildman–Crippen MR) is 108 cm³/mol. The number of amides is 1. The third-order valence-corrected chi connectivity index (χ3v) is 5.77. The predicted octanol–water partition coefficient (Wildman–Crippen LogP) is 3.64. The van der Waals surface area contributed by atoms with Crippen molar-refractivity contribution in [2.75, 3.05) is 26.0 Å². The van der Waals surface area contributed by atoms with Gasteiger partial charge in [0.2, 0.25) is 15.9 Å². The highest BCUT2D eigenvalue weighted by atomic mass is 35.5. The van der Waals surface area contributed by atoms with E-state index in [9.17, 15) is 13.2 Å². The molecule has 8 heteroatoms. The first-order valence-corrected chi connectivity index (χ1v) is 10.0. The van der Waals surface area contributed by atoms with Gasteiger partial charge in [0.1, 0.15) is 10.6 Å². The van der Waals surface area contributed by atoms with Crippen LogP contribution in [0.1, 0.15) is 12.5 Å². The summed E-state index contributed by atoms with van der Waals surface area (Å²) in [6, 6.07) is 11.6. The van der Waals surface area contributed by atoms with Crippen LogP contribution in [0.4, 0.5) is 5.69 Å². The van der Waals surface area contributed by atoms with E-state index in [2.05, 4.69) is 5.32 Å². The lowest BCUT2D eigenvalue weighted by atomic mass is 10.2. The zero-order valence-electron chi connectivity index (χ0n) is 15.3. The zero-order chi connectivity index (χ0) is 20.0. The molecule has 0 fully saturated rings. The lowest BCUT2D eigenvalue weighted by molar-refractivity contribution is -0.111. The summed E-state index contributed by atoms with van der Waals surface area (Å²) in [5.41, 5.74) is 1.05. The molecule has 1 amide bonds. The molecule has 0 aliphatic carbocycles. The first kappa shape index (κ1) is 21.0. The Balaban J connectivity index is 2.26. The van der Waals surface area contributed by atoms with E-state index in [1.165, 1.54) is 32.3 Å². The molecule has 1 N–H and O–H groups in total. The second-order valence-electron chi connectivity index (χ2n) is 5.73. The zero-order valence-corrected chi connectivity index (χ0v) is 16.8. The minimum Gasteiger partial charge on any atom is -0.492 e. The summed E-state index contributed by atoms with van der Waals surface area (Å²) in [5, 5.41) is 3.17. The second kappa shape index (κ2) is 9.03. The standard InChI is InChI=1S/C19H21ClN2O4S/c1-4-26-17-11-10-15(13-18(17)27(24,25)22(2)3)21-19(23)12-9-14-7-5-6-8-16(14)20/h5-13H,4H2,1-3H3,(H,21,23)/b12-9+. The Morgan fingerprint density at radius 1 is 1.22 bits per heavy atom. The number of carbonyl (C=O) groups is 1. The van der Waals surface area contributed by atoms with Gasteiger partial charge in [0.25, 0.3) is 0 Å². The van der Waals surface area contributed by atoms with Crippen molar-refractivity contribution in [3.05, 3.63) is 59.1 Å². The molecule has 0 saturated carbocycles. The first-order valence-electron chi connectivity index (χ1n) is 8.18. The van der Waals surface area contributed by atoms with E-state index in [0.717, 1.165) is 4.31 Å². The molecule has 0 unspecified atom stereocenters. The van der Waals surface area contributed by atoms with Gasteiger partial charge in [-0.15, -0.1) is 0 Å². The molecule has 2 aromatic rings. The van der Waals surface area contributed by atoms with Gasteiger partial charge in [-0.25, -0.2) is 12.7 Å².